The number of hydrogen-bond donors (Lipinski definition) is 1. The molecule has 172 valence electrons. The van der Waals surface area contributed by atoms with Gasteiger partial charge >= 0.3 is 0 Å². The normalized spacial score (nSPS) is 11.0. The quantitative estimate of drug-likeness (QED) is 0.181. The van der Waals surface area contributed by atoms with Gasteiger partial charge in [-0.15, -0.1) is 0 Å². The number of fused-ring (bicyclic) bond motifs is 1. The maximum atomic E-state index is 13.2. The van der Waals surface area contributed by atoms with Gasteiger partial charge in [0.25, 0.3) is 11.5 Å². The zero-order valence-corrected chi connectivity index (χ0v) is 19.4. The lowest BCUT2D eigenvalue weighted by Gasteiger charge is -2.12. The summed E-state index contributed by atoms with van der Waals surface area (Å²) in [5, 5.41) is 4.95. The van der Waals surface area contributed by atoms with Gasteiger partial charge in [0, 0.05) is 11.6 Å². The van der Waals surface area contributed by atoms with Crippen molar-refractivity contribution in [2.24, 2.45) is 5.10 Å². The van der Waals surface area contributed by atoms with Crippen LogP contribution >= 0.6 is 11.8 Å². The van der Waals surface area contributed by atoms with Gasteiger partial charge < -0.3 is 9.47 Å². The predicted molar refractivity (Wildman–Crippen MR) is 133 cm³/mol. The molecule has 0 unspecified atom stereocenters. The SMILES string of the molecule is COc1ccc(/C=N/NC(=O)CSc2nc3ccccc3c(=O)n2-c2ccccc2)c(OC)c1. The number of aromatic nitrogens is 2. The number of hydrogen-bond acceptors (Lipinski definition) is 7. The van der Waals surface area contributed by atoms with Crippen LogP contribution < -0.4 is 20.5 Å². The average molecular weight is 475 g/mol. The topological polar surface area (TPSA) is 94.8 Å². The van der Waals surface area contributed by atoms with Gasteiger partial charge in [-0.3, -0.25) is 14.2 Å². The van der Waals surface area contributed by atoms with Gasteiger partial charge in [-0.05, 0) is 36.4 Å². The van der Waals surface area contributed by atoms with Crippen LogP contribution in [0.25, 0.3) is 16.6 Å². The number of nitrogens with one attached hydrogen (secondary N) is 1. The van der Waals surface area contributed by atoms with Crippen molar-refractivity contribution in [2.75, 3.05) is 20.0 Å². The second-order valence-corrected chi connectivity index (χ2v) is 8.02. The van der Waals surface area contributed by atoms with Crippen molar-refractivity contribution >= 4 is 34.8 Å². The fraction of sp³-hybridized carbons (Fsp3) is 0.120. The zero-order chi connectivity index (χ0) is 23.9. The van der Waals surface area contributed by atoms with Crippen molar-refractivity contribution in [1.82, 2.24) is 15.0 Å². The molecule has 4 rings (SSSR count). The minimum atomic E-state index is -0.337. The lowest BCUT2D eigenvalue weighted by atomic mass is 10.2. The third-order valence-electron chi connectivity index (χ3n) is 4.93. The number of hydrazone groups is 1. The second kappa shape index (κ2) is 10.7. The Morgan fingerprint density at radius 2 is 1.82 bits per heavy atom. The van der Waals surface area contributed by atoms with Crippen LogP contribution in [0.5, 0.6) is 11.5 Å². The lowest BCUT2D eigenvalue weighted by molar-refractivity contribution is -0.118. The van der Waals surface area contributed by atoms with E-state index in [4.69, 9.17) is 9.47 Å². The molecule has 0 aliphatic heterocycles. The minimum Gasteiger partial charge on any atom is -0.497 e. The van der Waals surface area contributed by atoms with E-state index in [1.54, 1.807) is 50.6 Å². The van der Waals surface area contributed by atoms with E-state index in [2.05, 4.69) is 15.5 Å². The number of benzene rings is 3. The molecular formula is C25H22N4O4S. The number of thioether (sulfide) groups is 1. The second-order valence-electron chi connectivity index (χ2n) is 7.08. The fourth-order valence-corrected chi connectivity index (χ4v) is 4.08. The summed E-state index contributed by atoms with van der Waals surface area (Å²) in [5.74, 6) is 0.908. The summed E-state index contributed by atoms with van der Waals surface area (Å²) in [4.78, 5) is 30.3. The first-order valence-electron chi connectivity index (χ1n) is 10.3. The average Bonchev–Trinajstić information content (AvgIpc) is 2.88. The standard InChI is InChI=1S/C25H22N4O4S/c1-32-19-13-12-17(22(14-19)33-2)15-26-28-23(30)16-34-25-27-21-11-7-6-10-20(21)24(31)29(25)18-8-4-3-5-9-18/h3-15H,16H2,1-2H3,(H,28,30)/b26-15+. The summed E-state index contributed by atoms with van der Waals surface area (Å²) in [6.45, 7) is 0. The van der Waals surface area contributed by atoms with E-state index in [-0.39, 0.29) is 17.2 Å². The summed E-state index contributed by atoms with van der Waals surface area (Å²) < 4.78 is 12.0. The highest BCUT2D eigenvalue weighted by Gasteiger charge is 2.14. The van der Waals surface area contributed by atoms with Crippen molar-refractivity contribution in [1.29, 1.82) is 0 Å². The van der Waals surface area contributed by atoms with Gasteiger partial charge in [0.2, 0.25) is 0 Å². The first-order valence-corrected chi connectivity index (χ1v) is 11.3. The Bertz CT molecular complexity index is 1400. The number of carbonyl (C=O) groups is 1. The minimum absolute atomic E-state index is 0.0225. The van der Waals surface area contributed by atoms with E-state index in [1.165, 1.54) is 10.8 Å². The number of nitrogens with zero attached hydrogens (tertiary/aromatic N) is 3. The van der Waals surface area contributed by atoms with Crippen LogP contribution in [0.4, 0.5) is 0 Å². The highest BCUT2D eigenvalue weighted by Crippen LogP contribution is 2.23. The molecule has 4 aromatic rings. The van der Waals surface area contributed by atoms with E-state index in [0.29, 0.717) is 38.8 Å². The third kappa shape index (κ3) is 5.10. The number of methoxy groups -OCH3 is 2. The van der Waals surface area contributed by atoms with Crippen LogP contribution in [0.1, 0.15) is 5.56 Å². The molecule has 1 N–H and O–H groups in total. The predicted octanol–water partition coefficient (Wildman–Crippen LogP) is 3.65. The number of ether oxygens (including phenoxy) is 2. The highest BCUT2D eigenvalue weighted by atomic mass is 32.2. The molecular weight excluding hydrogens is 452 g/mol. The maximum Gasteiger partial charge on any atom is 0.266 e. The van der Waals surface area contributed by atoms with Crippen LogP contribution in [0.2, 0.25) is 0 Å². The fourth-order valence-electron chi connectivity index (χ4n) is 3.28. The summed E-state index contributed by atoms with van der Waals surface area (Å²) >= 11 is 1.16. The molecule has 8 nitrogen and oxygen atoms in total. The van der Waals surface area contributed by atoms with Crippen LogP contribution in [-0.4, -0.2) is 41.6 Å². The van der Waals surface area contributed by atoms with Crippen LogP contribution in [0.15, 0.2) is 87.8 Å². The van der Waals surface area contributed by atoms with E-state index in [1.807, 2.05) is 36.4 Å². The monoisotopic (exact) mass is 474 g/mol. The summed E-state index contributed by atoms with van der Waals surface area (Å²) in [5.41, 5.74) is 4.25. The third-order valence-corrected chi connectivity index (χ3v) is 5.86. The summed E-state index contributed by atoms with van der Waals surface area (Å²) in [7, 11) is 3.12. The molecule has 0 radical (unpaired) electrons. The Hall–Kier alpha value is -4.11. The van der Waals surface area contributed by atoms with E-state index in [9.17, 15) is 9.59 Å². The molecule has 1 amide bonds. The Labute approximate surface area is 200 Å². The van der Waals surface area contributed by atoms with Crippen LogP contribution in [0, 0.1) is 0 Å². The number of amides is 1. The van der Waals surface area contributed by atoms with Gasteiger partial charge in [0.05, 0.1) is 42.8 Å². The van der Waals surface area contributed by atoms with Gasteiger partial charge in [0.15, 0.2) is 5.16 Å². The summed E-state index contributed by atoms with van der Waals surface area (Å²) in [6, 6.07) is 21.7. The number of carbonyl (C=O) groups excluding carboxylic acids is 1. The molecule has 0 saturated heterocycles. The van der Waals surface area contributed by atoms with Gasteiger partial charge in [-0.2, -0.15) is 5.10 Å². The van der Waals surface area contributed by atoms with Crippen LogP contribution in [-0.2, 0) is 4.79 Å². The Kier molecular flexibility index (Phi) is 7.24. The van der Waals surface area contributed by atoms with Gasteiger partial charge in [-0.25, -0.2) is 10.4 Å². The zero-order valence-electron chi connectivity index (χ0n) is 18.6. The van der Waals surface area contributed by atoms with Gasteiger partial charge in [-0.1, -0.05) is 42.1 Å². The molecule has 1 heterocycles. The van der Waals surface area contributed by atoms with Crippen molar-refractivity contribution in [3.05, 3.63) is 88.7 Å². The molecule has 9 heteroatoms. The van der Waals surface area contributed by atoms with Crippen molar-refractivity contribution < 1.29 is 14.3 Å². The first-order chi connectivity index (χ1) is 16.6. The lowest BCUT2D eigenvalue weighted by Crippen LogP contribution is -2.24. The molecule has 3 aromatic carbocycles. The molecule has 1 aromatic heterocycles. The van der Waals surface area contributed by atoms with Gasteiger partial charge in [0.1, 0.15) is 11.5 Å². The van der Waals surface area contributed by atoms with Crippen LogP contribution in [0.3, 0.4) is 0 Å². The van der Waals surface area contributed by atoms with E-state index in [0.717, 1.165) is 11.8 Å². The largest absolute Gasteiger partial charge is 0.497 e. The van der Waals surface area contributed by atoms with Crippen molar-refractivity contribution in [3.8, 4) is 17.2 Å². The molecule has 0 aliphatic rings. The molecule has 0 bridgehead atoms. The molecule has 0 saturated carbocycles. The van der Waals surface area contributed by atoms with E-state index < -0.39 is 0 Å². The summed E-state index contributed by atoms with van der Waals surface area (Å²) in [6.07, 6.45) is 1.50. The highest BCUT2D eigenvalue weighted by molar-refractivity contribution is 7.99. The molecule has 0 atom stereocenters. The molecule has 0 spiro atoms. The maximum absolute atomic E-state index is 13.2. The number of para-hydroxylation sites is 2. The Morgan fingerprint density at radius 3 is 2.59 bits per heavy atom. The number of rotatable bonds is 8. The Morgan fingerprint density at radius 1 is 1.06 bits per heavy atom. The first kappa shape index (κ1) is 23.1. The van der Waals surface area contributed by atoms with Crippen molar-refractivity contribution in [3.63, 3.8) is 0 Å². The smallest absolute Gasteiger partial charge is 0.266 e. The molecule has 0 aliphatic carbocycles. The van der Waals surface area contributed by atoms with E-state index >= 15 is 0 Å². The molecule has 0 fully saturated rings. The molecule has 34 heavy (non-hydrogen) atoms. The Balaban J connectivity index is 1.52. The van der Waals surface area contributed by atoms with Crippen molar-refractivity contribution in [2.45, 2.75) is 5.16 Å².